The molecule has 4 rings (SSSR count). The lowest BCUT2D eigenvalue weighted by Crippen LogP contribution is -2.21. The molecule has 0 aliphatic rings. The number of primary amides is 1. The van der Waals surface area contributed by atoms with Gasteiger partial charge in [0, 0.05) is 16.9 Å². The van der Waals surface area contributed by atoms with Crippen molar-refractivity contribution in [2.75, 3.05) is 10.6 Å². The van der Waals surface area contributed by atoms with Crippen molar-refractivity contribution in [3.05, 3.63) is 74.9 Å². The second-order valence-corrected chi connectivity index (χ2v) is 6.90. The van der Waals surface area contributed by atoms with Crippen LogP contribution in [0.4, 0.5) is 42.0 Å². The number of rotatable bonds is 6. The Morgan fingerprint density at radius 1 is 1.11 bits per heavy atom. The Balaban J connectivity index is 0.000000479. The summed E-state index contributed by atoms with van der Waals surface area (Å²) >= 11 is 0. The number of fused-ring (bicyclic) bond motifs is 1. The number of nitro groups is 1. The number of oxazole rings is 1. The predicted octanol–water partition coefficient (Wildman–Crippen LogP) is 3.04. The van der Waals surface area contributed by atoms with Crippen LogP contribution in [-0.4, -0.2) is 43.0 Å². The van der Waals surface area contributed by atoms with Crippen LogP contribution in [-0.2, 0) is 4.79 Å². The molecule has 0 aliphatic heterocycles. The predicted molar refractivity (Wildman–Crippen MR) is 121 cm³/mol. The number of carboxylic acid groups (broad SMARTS) is 1. The van der Waals surface area contributed by atoms with E-state index in [9.17, 15) is 32.9 Å². The molecule has 0 aliphatic carbocycles. The van der Waals surface area contributed by atoms with E-state index in [-0.39, 0.29) is 17.5 Å². The SMILES string of the molecule is NC(=O)c1ccc(Nc2ncc([N+](=O)[O-])c(Nc3ccc4oc(=O)[nH]c4c3)n2)cc1.O=C(O)C(F)(F)F. The number of hydrogen-bond acceptors (Lipinski definition) is 10. The minimum absolute atomic E-state index is 0.0588. The molecule has 0 unspecified atom stereocenters. The number of carbonyl (C=O) groups excluding carboxylic acids is 1. The minimum atomic E-state index is -5.08. The molecule has 0 atom stereocenters. The van der Waals surface area contributed by atoms with Crippen molar-refractivity contribution < 1.29 is 37.2 Å². The number of anilines is 4. The Morgan fingerprint density at radius 3 is 2.30 bits per heavy atom. The molecule has 0 radical (unpaired) electrons. The molecule has 2 heterocycles. The van der Waals surface area contributed by atoms with E-state index in [1.807, 2.05) is 0 Å². The van der Waals surface area contributed by atoms with Gasteiger partial charge in [-0.3, -0.25) is 19.9 Å². The first-order chi connectivity index (χ1) is 17.3. The van der Waals surface area contributed by atoms with Crippen molar-refractivity contribution in [2.24, 2.45) is 5.73 Å². The van der Waals surface area contributed by atoms with Crippen molar-refractivity contribution in [1.29, 1.82) is 0 Å². The summed E-state index contributed by atoms with van der Waals surface area (Å²) in [6, 6.07) is 10.9. The first-order valence-corrected chi connectivity index (χ1v) is 9.72. The maximum Gasteiger partial charge on any atom is 0.490 e. The minimum Gasteiger partial charge on any atom is -0.475 e. The van der Waals surface area contributed by atoms with Crippen LogP contribution < -0.4 is 22.1 Å². The van der Waals surface area contributed by atoms with Crippen molar-refractivity contribution >= 4 is 51.8 Å². The van der Waals surface area contributed by atoms with Crippen LogP contribution in [0.25, 0.3) is 11.1 Å². The number of alkyl halides is 3. The van der Waals surface area contributed by atoms with Crippen molar-refractivity contribution in [3.63, 3.8) is 0 Å². The topological polar surface area (TPSA) is 219 Å². The van der Waals surface area contributed by atoms with Gasteiger partial charge in [0.2, 0.25) is 17.7 Å². The number of amides is 1. The molecular weight excluding hydrogens is 507 g/mol. The summed E-state index contributed by atoms with van der Waals surface area (Å²) in [7, 11) is 0. The van der Waals surface area contributed by atoms with E-state index in [0.29, 0.717) is 28.0 Å². The van der Waals surface area contributed by atoms with E-state index in [1.54, 1.807) is 30.3 Å². The summed E-state index contributed by atoms with van der Waals surface area (Å²) in [4.78, 5) is 52.7. The highest BCUT2D eigenvalue weighted by Crippen LogP contribution is 2.28. The van der Waals surface area contributed by atoms with Crippen LogP contribution in [0.5, 0.6) is 0 Å². The fourth-order valence-corrected chi connectivity index (χ4v) is 2.67. The lowest BCUT2D eigenvalue weighted by Gasteiger charge is -2.09. The zero-order chi connectivity index (χ0) is 27.3. The number of carboxylic acids is 1. The molecule has 2 aromatic heterocycles. The van der Waals surface area contributed by atoms with Gasteiger partial charge in [-0.2, -0.15) is 18.2 Å². The second kappa shape index (κ2) is 10.4. The third-order valence-corrected chi connectivity index (χ3v) is 4.32. The zero-order valence-electron chi connectivity index (χ0n) is 18.1. The van der Waals surface area contributed by atoms with Gasteiger partial charge in [0.25, 0.3) is 0 Å². The summed E-state index contributed by atoms with van der Waals surface area (Å²) in [6.45, 7) is 0. The number of nitrogens with one attached hydrogen (secondary N) is 3. The van der Waals surface area contributed by atoms with Gasteiger partial charge in [-0.25, -0.2) is 14.6 Å². The van der Waals surface area contributed by atoms with E-state index in [1.165, 1.54) is 12.1 Å². The summed E-state index contributed by atoms with van der Waals surface area (Å²) in [6.07, 6.45) is -4.02. The Bertz CT molecular complexity index is 1530. The molecule has 17 heteroatoms. The number of halogens is 3. The molecule has 1 amide bonds. The normalized spacial score (nSPS) is 10.8. The van der Waals surface area contributed by atoms with Crippen molar-refractivity contribution in [1.82, 2.24) is 15.0 Å². The highest BCUT2D eigenvalue weighted by Gasteiger charge is 2.38. The zero-order valence-corrected chi connectivity index (χ0v) is 18.1. The molecule has 6 N–H and O–H groups in total. The molecule has 0 bridgehead atoms. The Morgan fingerprint density at radius 2 is 1.73 bits per heavy atom. The van der Waals surface area contributed by atoms with Gasteiger partial charge in [-0.15, -0.1) is 0 Å². The molecule has 0 saturated carbocycles. The number of aromatic amines is 1. The van der Waals surface area contributed by atoms with E-state index in [0.717, 1.165) is 6.20 Å². The number of hydrogen-bond donors (Lipinski definition) is 5. The lowest BCUT2D eigenvalue weighted by atomic mass is 10.2. The van der Waals surface area contributed by atoms with E-state index in [4.69, 9.17) is 20.1 Å². The van der Waals surface area contributed by atoms with Crippen LogP contribution in [0.3, 0.4) is 0 Å². The molecule has 0 saturated heterocycles. The van der Waals surface area contributed by atoms with Gasteiger partial charge in [0.1, 0.15) is 6.20 Å². The molecule has 0 spiro atoms. The van der Waals surface area contributed by atoms with Crippen molar-refractivity contribution in [3.8, 4) is 0 Å². The third-order valence-electron chi connectivity index (χ3n) is 4.32. The quantitative estimate of drug-likeness (QED) is 0.183. The average Bonchev–Trinajstić information content (AvgIpc) is 3.18. The fourth-order valence-electron chi connectivity index (χ4n) is 2.67. The summed E-state index contributed by atoms with van der Waals surface area (Å²) in [5.74, 6) is -3.89. The summed E-state index contributed by atoms with van der Waals surface area (Å²) in [5.41, 5.74) is 6.97. The van der Waals surface area contributed by atoms with Gasteiger partial charge in [-0.1, -0.05) is 0 Å². The molecule has 192 valence electrons. The highest BCUT2D eigenvalue weighted by molar-refractivity contribution is 5.93. The van der Waals surface area contributed by atoms with Gasteiger partial charge in [0.05, 0.1) is 10.4 Å². The highest BCUT2D eigenvalue weighted by atomic mass is 19.4. The number of nitrogens with two attached hydrogens (primary N) is 1. The van der Waals surface area contributed by atoms with Gasteiger partial charge in [-0.05, 0) is 42.5 Å². The average molecular weight is 521 g/mol. The van der Waals surface area contributed by atoms with Crippen LogP contribution in [0.15, 0.2) is 57.9 Å². The Hall–Kier alpha value is -5.48. The smallest absolute Gasteiger partial charge is 0.475 e. The Kier molecular flexibility index (Phi) is 7.36. The fraction of sp³-hybridized carbons (Fsp3) is 0.0500. The first-order valence-electron chi connectivity index (χ1n) is 9.72. The maximum absolute atomic E-state index is 11.4. The number of aliphatic carboxylic acids is 1. The number of carbonyl (C=O) groups is 2. The van der Waals surface area contributed by atoms with E-state index >= 15 is 0 Å². The molecule has 37 heavy (non-hydrogen) atoms. The number of H-pyrrole nitrogens is 1. The van der Waals surface area contributed by atoms with Crippen LogP contribution >= 0.6 is 0 Å². The molecule has 2 aromatic carbocycles. The second-order valence-electron chi connectivity index (χ2n) is 6.90. The van der Waals surface area contributed by atoms with Crippen LogP contribution in [0.1, 0.15) is 10.4 Å². The van der Waals surface area contributed by atoms with Crippen LogP contribution in [0, 0.1) is 10.1 Å². The third kappa shape index (κ3) is 6.78. The molecule has 14 nitrogen and oxygen atoms in total. The maximum atomic E-state index is 11.4. The number of nitrogens with zero attached hydrogens (tertiary/aromatic N) is 3. The van der Waals surface area contributed by atoms with Crippen molar-refractivity contribution in [2.45, 2.75) is 6.18 Å². The molecule has 4 aromatic rings. The number of aromatic nitrogens is 3. The lowest BCUT2D eigenvalue weighted by molar-refractivity contribution is -0.384. The number of benzene rings is 2. The summed E-state index contributed by atoms with van der Waals surface area (Å²) < 4.78 is 36.7. The Labute approximate surface area is 202 Å². The van der Waals surface area contributed by atoms with Gasteiger partial charge in [0.15, 0.2) is 5.58 Å². The largest absolute Gasteiger partial charge is 0.490 e. The standard InChI is InChI=1S/C18H13N7O5.C2HF3O2/c19-15(26)9-1-3-10(4-2-9)22-17-20-8-13(25(28)29)16(24-17)21-11-5-6-14-12(7-11)23-18(27)30-14;3-2(4,5)1(6)7/h1-8H,(H2,19,26)(H,23,27)(H2,20,21,22,24);(H,6,7). The summed E-state index contributed by atoms with van der Waals surface area (Å²) in [5, 5.41) is 24.2. The van der Waals surface area contributed by atoms with Crippen LogP contribution in [0.2, 0.25) is 0 Å². The van der Waals surface area contributed by atoms with E-state index in [2.05, 4.69) is 25.6 Å². The van der Waals surface area contributed by atoms with E-state index < -0.39 is 28.7 Å². The van der Waals surface area contributed by atoms with Gasteiger partial charge < -0.3 is 25.9 Å². The van der Waals surface area contributed by atoms with Gasteiger partial charge >= 0.3 is 23.6 Å². The molecular formula is C20H14F3N7O7. The molecule has 0 fully saturated rings. The monoisotopic (exact) mass is 521 g/mol. The first kappa shape index (κ1) is 26.1.